The molecule has 0 atom stereocenters. The van der Waals surface area contributed by atoms with Crippen LogP contribution in [0.4, 0.5) is 5.69 Å². The van der Waals surface area contributed by atoms with Crippen LogP contribution < -0.4 is 10.6 Å². The number of H-pyrrole nitrogens is 1. The molecule has 0 bridgehead atoms. The van der Waals surface area contributed by atoms with Crippen molar-refractivity contribution in [2.24, 2.45) is 5.92 Å². The van der Waals surface area contributed by atoms with Crippen molar-refractivity contribution >= 4 is 22.6 Å². The number of imidazole rings is 1. The quantitative estimate of drug-likeness (QED) is 0.382. The van der Waals surface area contributed by atoms with Gasteiger partial charge < -0.3 is 20.4 Å². The molecule has 0 amide bonds. The first-order valence-electron chi connectivity index (χ1n) is 11.7. The number of pyridine rings is 2. The van der Waals surface area contributed by atoms with Crippen LogP contribution in [0.5, 0.6) is 0 Å². The predicted octanol–water partition coefficient (Wildman–Crippen LogP) is 3.70. The third-order valence-corrected chi connectivity index (χ3v) is 6.61. The minimum Gasteiger partial charge on any atom is -0.459 e. The Kier molecular flexibility index (Phi) is 5.22. The molecule has 1 aliphatic heterocycles. The summed E-state index contributed by atoms with van der Waals surface area (Å²) in [5.41, 5.74) is 6.46. The molecule has 6 rings (SSSR count). The fourth-order valence-electron chi connectivity index (χ4n) is 4.52. The SMILES string of the molecule is Cc1cccc(-c2[nH]cnc2-c2ccc3ncc(N[C@H]4C[C@H](C(=O)OC5CNC5)C4)cc3c2)n1. The van der Waals surface area contributed by atoms with Crippen molar-refractivity contribution in [3.8, 4) is 22.6 Å². The van der Waals surface area contributed by atoms with Gasteiger partial charge in [-0.15, -0.1) is 0 Å². The van der Waals surface area contributed by atoms with E-state index in [2.05, 4.69) is 42.7 Å². The first-order chi connectivity index (χ1) is 16.6. The van der Waals surface area contributed by atoms with Gasteiger partial charge in [-0.05, 0) is 50.1 Å². The molecule has 4 aromatic rings. The molecule has 4 heterocycles. The molecule has 0 unspecified atom stereocenters. The second-order valence-electron chi connectivity index (χ2n) is 9.15. The molecule has 8 heteroatoms. The van der Waals surface area contributed by atoms with Gasteiger partial charge in [0, 0.05) is 35.8 Å². The van der Waals surface area contributed by atoms with Crippen molar-refractivity contribution in [3.63, 3.8) is 0 Å². The van der Waals surface area contributed by atoms with Gasteiger partial charge in [-0.1, -0.05) is 12.1 Å². The molecule has 1 saturated carbocycles. The Balaban J connectivity index is 1.18. The minimum absolute atomic E-state index is 0.00793. The van der Waals surface area contributed by atoms with Crippen molar-refractivity contribution in [2.45, 2.75) is 31.9 Å². The zero-order valence-electron chi connectivity index (χ0n) is 18.9. The van der Waals surface area contributed by atoms with Gasteiger partial charge in [0.05, 0.1) is 46.7 Å². The van der Waals surface area contributed by atoms with Gasteiger partial charge >= 0.3 is 5.97 Å². The molecule has 0 radical (unpaired) electrons. The highest BCUT2D eigenvalue weighted by Gasteiger charge is 2.37. The number of nitrogens with zero attached hydrogens (tertiary/aromatic N) is 3. The number of fused-ring (bicyclic) bond motifs is 1. The van der Waals surface area contributed by atoms with E-state index in [9.17, 15) is 4.79 Å². The molecule has 2 fully saturated rings. The van der Waals surface area contributed by atoms with Gasteiger partial charge in [0.1, 0.15) is 6.10 Å². The summed E-state index contributed by atoms with van der Waals surface area (Å²) in [5.74, 6) is -0.0739. The van der Waals surface area contributed by atoms with Crippen molar-refractivity contribution in [2.75, 3.05) is 18.4 Å². The lowest BCUT2D eigenvalue weighted by atomic mass is 9.80. The van der Waals surface area contributed by atoms with Gasteiger partial charge in [0.2, 0.25) is 0 Å². The minimum atomic E-state index is -0.0660. The van der Waals surface area contributed by atoms with Gasteiger partial charge in [-0.2, -0.15) is 0 Å². The van der Waals surface area contributed by atoms with Crippen LogP contribution in [0, 0.1) is 12.8 Å². The molecular formula is C26H26N6O2. The summed E-state index contributed by atoms with van der Waals surface area (Å²) < 4.78 is 5.49. The van der Waals surface area contributed by atoms with Crippen LogP contribution in [0.1, 0.15) is 18.5 Å². The average Bonchev–Trinajstić information content (AvgIpc) is 3.28. The Morgan fingerprint density at radius 3 is 2.79 bits per heavy atom. The zero-order chi connectivity index (χ0) is 23.1. The Hall–Kier alpha value is -3.78. The Morgan fingerprint density at radius 1 is 1.12 bits per heavy atom. The molecule has 1 aliphatic carbocycles. The van der Waals surface area contributed by atoms with Crippen molar-refractivity contribution in [1.82, 2.24) is 25.3 Å². The molecule has 1 aromatic carbocycles. The molecule has 3 N–H and O–H groups in total. The summed E-state index contributed by atoms with van der Waals surface area (Å²) in [6.07, 6.45) is 5.18. The number of nitrogens with one attached hydrogen (secondary N) is 3. The largest absolute Gasteiger partial charge is 0.459 e. The molecule has 0 spiro atoms. The van der Waals surface area contributed by atoms with E-state index in [0.717, 1.165) is 70.9 Å². The Labute approximate surface area is 197 Å². The van der Waals surface area contributed by atoms with E-state index < -0.39 is 0 Å². The number of hydrogen-bond acceptors (Lipinski definition) is 7. The second-order valence-corrected chi connectivity index (χ2v) is 9.15. The van der Waals surface area contributed by atoms with Crippen LogP contribution in [0.2, 0.25) is 0 Å². The summed E-state index contributed by atoms with van der Waals surface area (Å²) in [4.78, 5) is 29.3. The number of aryl methyl sites for hydroxylation is 1. The number of anilines is 1. The Morgan fingerprint density at radius 2 is 2.00 bits per heavy atom. The smallest absolute Gasteiger partial charge is 0.309 e. The molecule has 34 heavy (non-hydrogen) atoms. The number of ether oxygens (including phenoxy) is 1. The maximum Gasteiger partial charge on any atom is 0.309 e. The van der Waals surface area contributed by atoms with Gasteiger partial charge in [0.15, 0.2) is 0 Å². The van der Waals surface area contributed by atoms with Gasteiger partial charge in [0.25, 0.3) is 0 Å². The van der Waals surface area contributed by atoms with Gasteiger partial charge in [-0.3, -0.25) is 14.8 Å². The topological polar surface area (TPSA) is 105 Å². The van der Waals surface area contributed by atoms with Crippen LogP contribution >= 0.6 is 0 Å². The number of hydrogen-bond donors (Lipinski definition) is 3. The summed E-state index contributed by atoms with van der Waals surface area (Å²) in [5, 5.41) is 7.67. The monoisotopic (exact) mass is 454 g/mol. The number of benzene rings is 1. The lowest BCUT2D eigenvalue weighted by Gasteiger charge is -2.36. The first kappa shape index (κ1) is 20.8. The fourth-order valence-corrected chi connectivity index (χ4v) is 4.52. The summed E-state index contributed by atoms with van der Waals surface area (Å²) in [6, 6.07) is 14.5. The number of aromatic nitrogens is 4. The van der Waals surface area contributed by atoms with Crippen molar-refractivity contribution < 1.29 is 9.53 Å². The Bertz CT molecular complexity index is 1360. The van der Waals surface area contributed by atoms with Crippen LogP contribution in [0.15, 0.2) is 55.0 Å². The normalized spacial score (nSPS) is 19.9. The highest BCUT2D eigenvalue weighted by atomic mass is 16.5. The third kappa shape index (κ3) is 4.01. The molecule has 2 aliphatic rings. The molecule has 3 aromatic heterocycles. The van der Waals surface area contributed by atoms with E-state index in [1.54, 1.807) is 6.33 Å². The standard InChI is InChI=1S/C26H26N6O2/c1-15-3-2-4-23(31-15)25-24(29-14-30-25)16-5-6-22-17(7-16)8-20(11-28-22)32-19-9-18(10-19)26(33)34-21-12-27-13-21/h2-8,11,14,18-19,21,27,32H,9-10,12-13H2,1H3,(H,29,30)/t18-,19-. The maximum absolute atomic E-state index is 12.2. The highest BCUT2D eigenvalue weighted by molar-refractivity contribution is 5.88. The van der Waals surface area contributed by atoms with E-state index in [4.69, 9.17) is 4.74 Å². The molecule has 8 nitrogen and oxygen atoms in total. The van der Waals surface area contributed by atoms with Crippen molar-refractivity contribution in [3.05, 3.63) is 60.7 Å². The molecule has 172 valence electrons. The predicted molar refractivity (Wildman–Crippen MR) is 130 cm³/mol. The van der Waals surface area contributed by atoms with E-state index in [-0.39, 0.29) is 24.0 Å². The van der Waals surface area contributed by atoms with Crippen LogP contribution in [-0.4, -0.2) is 51.1 Å². The number of aromatic amines is 1. The van der Waals surface area contributed by atoms with Crippen LogP contribution in [-0.2, 0) is 9.53 Å². The summed E-state index contributed by atoms with van der Waals surface area (Å²) >= 11 is 0. The lowest BCUT2D eigenvalue weighted by Crippen LogP contribution is -2.51. The lowest BCUT2D eigenvalue weighted by molar-refractivity contribution is -0.159. The molecule has 1 saturated heterocycles. The second kappa shape index (κ2) is 8.53. The van der Waals surface area contributed by atoms with E-state index in [1.807, 2.05) is 43.5 Å². The number of carbonyl (C=O) groups excluding carboxylic acids is 1. The van der Waals surface area contributed by atoms with Crippen LogP contribution in [0.25, 0.3) is 33.5 Å². The van der Waals surface area contributed by atoms with E-state index in [1.165, 1.54) is 0 Å². The fraction of sp³-hybridized carbons (Fsp3) is 0.308. The summed E-state index contributed by atoms with van der Waals surface area (Å²) in [7, 11) is 0. The molecular weight excluding hydrogens is 428 g/mol. The maximum atomic E-state index is 12.2. The van der Waals surface area contributed by atoms with Crippen LogP contribution in [0.3, 0.4) is 0 Å². The zero-order valence-corrected chi connectivity index (χ0v) is 18.9. The third-order valence-electron chi connectivity index (χ3n) is 6.61. The number of carbonyl (C=O) groups is 1. The van der Waals surface area contributed by atoms with E-state index in [0.29, 0.717) is 0 Å². The number of rotatable bonds is 6. The average molecular weight is 455 g/mol. The first-order valence-corrected chi connectivity index (χ1v) is 11.7. The summed E-state index contributed by atoms with van der Waals surface area (Å²) in [6.45, 7) is 3.52. The van der Waals surface area contributed by atoms with Gasteiger partial charge in [-0.25, -0.2) is 4.98 Å². The van der Waals surface area contributed by atoms with Crippen molar-refractivity contribution in [1.29, 1.82) is 0 Å². The highest BCUT2D eigenvalue weighted by Crippen LogP contribution is 2.33. The number of esters is 1. The van der Waals surface area contributed by atoms with E-state index >= 15 is 0 Å².